The van der Waals surface area contributed by atoms with Crippen LogP contribution < -0.4 is 5.32 Å². The van der Waals surface area contributed by atoms with E-state index in [0.717, 1.165) is 25.9 Å². The molecule has 6 heteroatoms. The Balaban J connectivity index is 1.95. The summed E-state index contributed by atoms with van der Waals surface area (Å²) in [6.07, 6.45) is 5.95. The summed E-state index contributed by atoms with van der Waals surface area (Å²) in [5, 5.41) is 15.7. The SMILES string of the molecule is CCNCCCc1cnn(-c2ccc(Cl)nn2)c1. The van der Waals surface area contributed by atoms with E-state index < -0.39 is 0 Å². The maximum Gasteiger partial charge on any atom is 0.175 e. The predicted octanol–water partition coefficient (Wildman–Crippen LogP) is 1.86. The van der Waals surface area contributed by atoms with Crippen molar-refractivity contribution in [3.63, 3.8) is 0 Å². The van der Waals surface area contributed by atoms with Crippen molar-refractivity contribution in [1.82, 2.24) is 25.3 Å². The first-order valence-corrected chi connectivity index (χ1v) is 6.41. The Morgan fingerprint density at radius 2 is 2.22 bits per heavy atom. The van der Waals surface area contributed by atoms with E-state index in [4.69, 9.17) is 11.6 Å². The van der Waals surface area contributed by atoms with E-state index in [9.17, 15) is 0 Å². The zero-order chi connectivity index (χ0) is 12.8. The van der Waals surface area contributed by atoms with Crippen LogP contribution in [0.5, 0.6) is 0 Å². The van der Waals surface area contributed by atoms with E-state index in [1.165, 1.54) is 5.56 Å². The van der Waals surface area contributed by atoms with Crippen molar-refractivity contribution in [2.45, 2.75) is 19.8 Å². The van der Waals surface area contributed by atoms with Crippen molar-refractivity contribution >= 4 is 11.6 Å². The lowest BCUT2D eigenvalue weighted by atomic mass is 10.2. The monoisotopic (exact) mass is 265 g/mol. The molecule has 0 amide bonds. The topological polar surface area (TPSA) is 55.6 Å². The van der Waals surface area contributed by atoms with Crippen molar-refractivity contribution in [2.24, 2.45) is 0 Å². The first kappa shape index (κ1) is 13.0. The molecule has 0 saturated heterocycles. The molecule has 18 heavy (non-hydrogen) atoms. The maximum atomic E-state index is 5.69. The average molecular weight is 266 g/mol. The van der Waals surface area contributed by atoms with Gasteiger partial charge < -0.3 is 5.32 Å². The molecular formula is C12H16ClN5. The molecule has 0 radical (unpaired) electrons. The highest BCUT2D eigenvalue weighted by Crippen LogP contribution is 2.08. The van der Waals surface area contributed by atoms with Crippen molar-refractivity contribution < 1.29 is 0 Å². The van der Waals surface area contributed by atoms with Gasteiger partial charge in [0.2, 0.25) is 0 Å². The second-order valence-electron chi connectivity index (χ2n) is 3.96. The van der Waals surface area contributed by atoms with Gasteiger partial charge >= 0.3 is 0 Å². The molecule has 2 aromatic rings. The molecule has 5 nitrogen and oxygen atoms in total. The quantitative estimate of drug-likeness (QED) is 0.810. The van der Waals surface area contributed by atoms with Crippen LogP contribution >= 0.6 is 11.6 Å². The predicted molar refractivity (Wildman–Crippen MR) is 71.0 cm³/mol. The van der Waals surface area contributed by atoms with Crippen LogP contribution in [0.4, 0.5) is 0 Å². The van der Waals surface area contributed by atoms with Gasteiger partial charge in [0.1, 0.15) is 0 Å². The van der Waals surface area contributed by atoms with Crippen LogP contribution in [0.25, 0.3) is 5.82 Å². The van der Waals surface area contributed by atoms with E-state index in [1.54, 1.807) is 16.8 Å². The summed E-state index contributed by atoms with van der Waals surface area (Å²) in [7, 11) is 0. The summed E-state index contributed by atoms with van der Waals surface area (Å²) >= 11 is 5.69. The van der Waals surface area contributed by atoms with Crippen LogP contribution in [0, 0.1) is 0 Å². The van der Waals surface area contributed by atoms with E-state index in [0.29, 0.717) is 11.0 Å². The van der Waals surface area contributed by atoms with Crippen LogP contribution in [-0.4, -0.2) is 33.1 Å². The van der Waals surface area contributed by atoms with Crippen LogP contribution in [-0.2, 0) is 6.42 Å². The molecule has 0 unspecified atom stereocenters. The molecule has 0 bridgehead atoms. The van der Waals surface area contributed by atoms with Gasteiger partial charge in [-0.3, -0.25) is 0 Å². The Bertz CT molecular complexity index is 479. The highest BCUT2D eigenvalue weighted by atomic mass is 35.5. The Labute approximate surface area is 111 Å². The van der Waals surface area contributed by atoms with E-state index >= 15 is 0 Å². The summed E-state index contributed by atoms with van der Waals surface area (Å²) in [4.78, 5) is 0. The van der Waals surface area contributed by atoms with Gasteiger partial charge in [-0.15, -0.1) is 10.2 Å². The van der Waals surface area contributed by atoms with Gasteiger partial charge in [-0.1, -0.05) is 18.5 Å². The fourth-order valence-electron chi connectivity index (χ4n) is 1.64. The molecule has 0 aliphatic carbocycles. The number of aryl methyl sites for hydroxylation is 1. The Hall–Kier alpha value is -1.46. The minimum absolute atomic E-state index is 0.386. The van der Waals surface area contributed by atoms with Crippen molar-refractivity contribution in [1.29, 1.82) is 0 Å². The third kappa shape index (κ3) is 3.51. The molecule has 2 aromatic heterocycles. The zero-order valence-electron chi connectivity index (χ0n) is 10.3. The van der Waals surface area contributed by atoms with Gasteiger partial charge in [0.05, 0.1) is 6.20 Å². The largest absolute Gasteiger partial charge is 0.317 e. The normalized spacial score (nSPS) is 10.8. The van der Waals surface area contributed by atoms with Gasteiger partial charge in [-0.2, -0.15) is 5.10 Å². The number of halogens is 1. The van der Waals surface area contributed by atoms with Crippen molar-refractivity contribution in [3.05, 3.63) is 35.2 Å². The van der Waals surface area contributed by atoms with Gasteiger partial charge in [-0.25, -0.2) is 4.68 Å². The van der Waals surface area contributed by atoms with Gasteiger partial charge in [0.15, 0.2) is 11.0 Å². The van der Waals surface area contributed by atoms with E-state index in [1.807, 2.05) is 12.4 Å². The second kappa shape index (κ2) is 6.47. The molecule has 0 saturated carbocycles. The lowest BCUT2D eigenvalue weighted by Crippen LogP contribution is -2.14. The molecule has 1 N–H and O–H groups in total. The second-order valence-corrected chi connectivity index (χ2v) is 4.35. The summed E-state index contributed by atoms with van der Waals surface area (Å²) in [5.74, 6) is 0.678. The standard InChI is InChI=1S/C12H16ClN5/c1-2-14-7-3-4-10-8-15-18(9-10)12-6-5-11(13)16-17-12/h5-6,8-9,14H,2-4,7H2,1H3. The lowest BCUT2D eigenvalue weighted by Gasteiger charge is -1.99. The van der Waals surface area contributed by atoms with Gasteiger partial charge in [0.25, 0.3) is 0 Å². The molecule has 0 fully saturated rings. The summed E-state index contributed by atoms with van der Waals surface area (Å²) < 4.78 is 1.71. The Kier molecular flexibility index (Phi) is 4.66. The minimum atomic E-state index is 0.386. The number of hydrogen-bond donors (Lipinski definition) is 1. The maximum absolute atomic E-state index is 5.69. The molecule has 2 heterocycles. The number of nitrogens with zero attached hydrogens (tertiary/aromatic N) is 4. The summed E-state index contributed by atoms with van der Waals surface area (Å²) in [6.45, 7) is 4.15. The first-order chi connectivity index (χ1) is 8.79. The fraction of sp³-hybridized carbons (Fsp3) is 0.417. The molecule has 0 aliphatic rings. The van der Waals surface area contributed by atoms with Crippen molar-refractivity contribution in [3.8, 4) is 5.82 Å². The third-order valence-electron chi connectivity index (χ3n) is 2.56. The molecule has 0 spiro atoms. The molecular weight excluding hydrogens is 250 g/mol. The van der Waals surface area contributed by atoms with Crippen LogP contribution in [0.15, 0.2) is 24.5 Å². The van der Waals surface area contributed by atoms with Gasteiger partial charge in [0, 0.05) is 6.20 Å². The van der Waals surface area contributed by atoms with Crippen LogP contribution in [0.1, 0.15) is 18.9 Å². The minimum Gasteiger partial charge on any atom is -0.317 e. The Morgan fingerprint density at radius 3 is 2.94 bits per heavy atom. The summed E-state index contributed by atoms with van der Waals surface area (Å²) in [6, 6.07) is 3.50. The lowest BCUT2D eigenvalue weighted by molar-refractivity contribution is 0.672. The molecule has 96 valence electrons. The number of rotatable bonds is 6. The smallest absolute Gasteiger partial charge is 0.175 e. The van der Waals surface area contributed by atoms with Gasteiger partial charge in [-0.05, 0) is 43.6 Å². The molecule has 2 rings (SSSR count). The molecule has 0 aromatic carbocycles. The molecule has 0 atom stereocenters. The Morgan fingerprint density at radius 1 is 1.33 bits per heavy atom. The van der Waals surface area contributed by atoms with Crippen molar-refractivity contribution in [2.75, 3.05) is 13.1 Å². The third-order valence-corrected chi connectivity index (χ3v) is 2.76. The van der Waals surface area contributed by atoms with E-state index in [-0.39, 0.29) is 0 Å². The summed E-state index contributed by atoms with van der Waals surface area (Å²) in [5.41, 5.74) is 1.20. The number of aromatic nitrogens is 4. The molecule has 0 aliphatic heterocycles. The number of nitrogens with one attached hydrogen (secondary N) is 1. The highest BCUT2D eigenvalue weighted by Gasteiger charge is 2.02. The highest BCUT2D eigenvalue weighted by molar-refractivity contribution is 6.29. The first-order valence-electron chi connectivity index (χ1n) is 6.03. The fourth-order valence-corrected chi connectivity index (χ4v) is 1.74. The average Bonchev–Trinajstić information content (AvgIpc) is 2.84. The van der Waals surface area contributed by atoms with Crippen LogP contribution in [0.2, 0.25) is 5.15 Å². The van der Waals surface area contributed by atoms with E-state index in [2.05, 4.69) is 27.5 Å². The zero-order valence-corrected chi connectivity index (χ0v) is 11.1. The number of hydrogen-bond acceptors (Lipinski definition) is 4. The van der Waals surface area contributed by atoms with Crippen LogP contribution in [0.3, 0.4) is 0 Å².